The molecule has 0 fully saturated rings. The number of para-hydroxylation sites is 1. The second-order valence-corrected chi connectivity index (χ2v) is 8.30. The molecule has 2 amide bonds. The van der Waals surface area contributed by atoms with E-state index in [1.807, 2.05) is 49.4 Å². The van der Waals surface area contributed by atoms with Crippen LogP contribution >= 0.6 is 0 Å². The standard InChI is InChI=1S/C28H25FN4O2/c1-19-9-11-21(12-10-19)27(34)30-25(28(35)32(2)3)17-22-18-33(24-7-5-4-6-8-24)31-26(22)20-13-15-23(29)16-14-20/h4-18H,1-3H3,(H,30,34). The van der Waals surface area contributed by atoms with Crippen molar-refractivity contribution in [3.05, 3.63) is 113 Å². The monoisotopic (exact) mass is 468 g/mol. The lowest BCUT2D eigenvalue weighted by atomic mass is 10.1. The van der Waals surface area contributed by atoms with Crippen LogP contribution in [0.5, 0.6) is 0 Å². The van der Waals surface area contributed by atoms with Gasteiger partial charge < -0.3 is 10.2 Å². The summed E-state index contributed by atoms with van der Waals surface area (Å²) in [5, 5.41) is 7.45. The zero-order chi connectivity index (χ0) is 24.9. The number of aryl methyl sites for hydroxylation is 1. The number of hydrogen-bond acceptors (Lipinski definition) is 3. The van der Waals surface area contributed by atoms with Crippen molar-refractivity contribution in [2.24, 2.45) is 0 Å². The van der Waals surface area contributed by atoms with E-state index in [1.54, 1.807) is 55.3 Å². The summed E-state index contributed by atoms with van der Waals surface area (Å²) in [6.45, 7) is 1.93. The van der Waals surface area contributed by atoms with Gasteiger partial charge in [0.05, 0.1) is 5.69 Å². The zero-order valence-corrected chi connectivity index (χ0v) is 19.7. The molecule has 0 unspecified atom stereocenters. The molecule has 3 aromatic carbocycles. The van der Waals surface area contributed by atoms with E-state index in [9.17, 15) is 14.0 Å². The first kappa shape index (κ1) is 23.6. The molecule has 1 aromatic heterocycles. The van der Waals surface area contributed by atoms with Gasteiger partial charge in [-0.15, -0.1) is 0 Å². The lowest BCUT2D eigenvalue weighted by Gasteiger charge is -2.15. The van der Waals surface area contributed by atoms with E-state index < -0.39 is 5.91 Å². The normalized spacial score (nSPS) is 11.3. The largest absolute Gasteiger partial charge is 0.344 e. The highest BCUT2D eigenvalue weighted by molar-refractivity contribution is 6.05. The van der Waals surface area contributed by atoms with Crippen molar-refractivity contribution < 1.29 is 14.0 Å². The highest BCUT2D eigenvalue weighted by Crippen LogP contribution is 2.26. The molecule has 0 aliphatic rings. The quantitative estimate of drug-likeness (QED) is 0.412. The summed E-state index contributed by atoms with van der Waals surface area (Å²) in [5.41, 5.74) is 4.19. The van der Waals surface area contributed by atoms with E-state index in [-0.39, 0.29) is 17.4 Å². The Kier molecular flexibility index (Phi) is 6.87. The average molecular weight is 469 g/mol. The van der Waals surface area contributed by atoms with E-state index in [0.717, 1.165) is 11.3 Å². The maximum absolute atomic E-state index is 13.6. The Morgan fingerprint density at radius 2 is 1.60 bits per heavy atom. The number of benzene rings is 3. The molecule has 7 heteroatoms. The average Bonchev–Trinajstić information content (AvgIpc) is 3.28. The summed E-state index contributed by atoms with van der Waals surface area (Å²) in [7, 11) is 3.23. The molecule has 1 heterocycles. The highest BCUT2D eigenvalue weighted by Gasteiger charge is 2.19. The van der Waals surface area contributed by atoms with E-state index >= 15 is 0 Å². The first-order chi connectivity index (χ1) is 16.8. The van der Waals surface area contributed by atoms with Crippen LogP contribution in [0.15, 0.2) is 90.8 Å². The number of aromatic nitrogens is 2. The van der Waals surface area contributed by atoms with Crippen LogP contribution < -0.4 is 5.32 Å². The third-order valence-corrected chi connectivity index (χ3v) is 5.38. The molecule has 176 valence electrons. The van der Waals surface area contributed by atoms with Gasteiger partial charge in [0.15, 0.2) is 0 Å². The van der Waals surface area contributed by atoms with Crippen molar-refractivity contribution in [3.63, 3.8) is 0 Å². The minimum atomic E-state index is -0.398. The number of likely N-dealkylation sites (N-methyl/N-ethyl adjacent to an activating group) is 1. The summed E-state index contributed by atoms with van der Waals surface area (Å²) in [5.74, 6) is -1.13. The van der Waals surface area contributed by atoms with E-state index in [0.29, 0.717) is 22.4 Å². The number of carbonyl (C=O) groups is 2. The van der Waals surface area contributed by atoms with Crippen molar-refractivity contribution in [1.82, 2.24) is 20.0 Å². The molecule has 0 saturated heterocycles. The van der Waals surface area contributed by atoms with Gasteiger partial charge in [0.25, 0.3) is 11.8 Å². The van der Waals surface area contributed by atoms with Crippen molar-refractivity contribution in [2.45, 2.75) is 6.92 Å². The smallest absolute Gasteiger partial charge is 0.269 e. The predicted octanol–water partition coefficient (Wildman–Crippen LogP) is 4.85. The van der Waals surface area contributed by atoms with Gasteiger partial charge in [-0.1, -0.05) is 35.9 Å². The topological polar surface area (TPSA) is 67.2 Å². The fourth-order valence-electron chi connectivity index (χ4n) is 3.49. The number of hydrogen-bond donors (Lipinski definition) is 1. The molecule has 35 heavy (non-hydrogen) atoms. The van der Waals surface area contributed by atoms with Gasteiger partial charge in [-0.2, -0.15) is 5.10 Å². The van der Waals surface area contributed by atoms with Crippen LogP contribution in [0, 0.1) is 12.7 Å². The van der Waals surface area contributed by atoms with Crippen molar-refractivity contribution in [1.29, 1.82) is 0 Å². The number of halogens is 1. The van der Waals surface area contributed by atoms with Crippen LogP contribution in [0.3, 0.4) is 0 Å². The third kappa shape index (κ3) is 5.52. The number of amides is 2. The molecule has 4 aromatic rings. The molecule has 0 saturated carbocycles. The van der Waals surface area contributed by atoms with Gasteiger partial charge in [-0.05, 0) is 61.5 Å². The van der Waals surface area contributed by atoms with Gasteiger partial charge in [0, 0.05) is 37.0 Å². The van der Waals surface area contributed by atoms with Gasteiger partial charge in [0.1, 0.15) is 17.2 Å². The Morgan fingerprint density at radius 3 is 2.23 bits per heavy atom. The number of rotatable bonds is 6. The highest BCUT2D eigenvalue weighted by atomic mass is 19.1. The van der Waals surface area contributed by atoms with Crippen LogP contribution in [0.4, 0.5) is 4.39 Å². The Bertz CT molecular complexity index is 1370. The van der Waals surface area contributed by atoms with Crippen LogP contribution in [0.2, 0.25) is 0 Å². The molecule has 0 radical (unpaired) electrons. The summed E-state index contributed by atoms with van der Waals surface area (Å²) in [6, 6.07) is 22.6. The summed E-state index contributed by atoms with van der Waals surface area (Å²) >= 11 is 0. The van der Waals surface area contributed by atoms with Gasteiger partial charge >= 0.3 is 0 Å². The molecule has 0 aliphatic carbocycles. The van der Waals surface area contributed by atoms with Crippen LogP contribution in [-0.2, 0) is 4.79 Å². The molecule has 6 nitrogen and oxygen atoms in total. The fraction of sp³-hybridized carbons (Fsp3) is 0.107. The molecular formula is C28H25FN4O2. The number of nitrogens with zero attached hydrogens (tertiary/aromatic N) is 3. The van der Waals surface area contributed by atoms with Crippen molar-refractivity contribution in [3.8, 4) is 16.9 Å². The van der Waals surface area contributed by atoms with Crippen molar-refractivity contribution in [2.75, 3.05) is 14.1 Å². The van der Waals surface area contributed by atoms with E-state index in [1.165, 1.54) is 17.0 Å². The first-order valence-electron chi connectivity index (χ1n) is 11.0. The molecule has 0 bridgehead atoms. The molecule has 0 atom stereocenters. The lowest BCUT2D eigenvalue weighted by molar-refractivity contribution is -0.124. The Labute approximate surface area is 203 Å². The SMILES string of the molecule is Cc1ccc(C(=O)NC(=Cc2cn(-c3ccccc3)nc2-c2ccc(F)cc2)C(=O)N(C)C)cc1. The first-order valence-corrected chi connectivity index (χ1v) is 11.0. The predicted molar refractivity (Wildman–Crippen MR) is 134 cm³/mol. The van der Waals surface area contributed by atoms with Crippen LogP contribution in [0.25, 0.3) is 23.0 Å². The third-order valence-electron chi connectivity index (χ3n) is 5.38. The van der Waals surface area contributed by atoms with Gasteiger partial charge in [-0.25, -0.2) is 9.07 Å². The van der Waals surface area contributed by atoms with Crippen LogP contribution in [0.1, 0.15) is 21.5 Å². The molecule has 0 spiro atoms. The van der Waals surface area contributed by atoms with Crippen LogP contribution in [-0.4, -0.2) is 40.6 Å². The fourth-order valence-corrected chi connectivity index (χ4v) is 3.49. The molecule has 0 aliphatic heterocycles. The van der Waals surface area contributed by atoms with Crippen molar-refractivity contribution >= 4 is 17.9 Å². The minimum absolute atomic E-state index is 0.0940. The number of carbonyl (C=O) groups excluding carboxylic acids is 2. The molecule has 4 rings (SSSR count). The maximum atomic E-state index is 13.6. The second kappa shape index (κ2) is 10.2. The Hall–Kier alpha value is -4.52. The molecular weight excluding hydrogens is 443 g/mol. The summed E-state index contributed by atoms with van der Waals surface area (Å²) in [4.78, 5) is 27.3. The second-order valence-electron chi connectivity index (χ2n) is 8.30. The van der Waals surface area contributed by atoms with E-state index in [2.05, 4.69) is 5.32 Å². The lowest BCUT2D eigenvalue weighted by Crippen LogP contribution is -2.34. The van der Waals surface area contributed by atoms with E-state index in [4.69, 9.17) is 5.10 Å². The Morgan fingerprint density at radius 1 is 0.943 bits per heavy atom. The minimum Gasteiger partial charge on any atom is -0.344 e. The summed E-state index contributed by atoms with van der Waals surface area (Å²) in [6.07, 6.45) is 3.37. The Balaban J connectivity index is 1.80. The maximum Gasteiger partial charge on any atom is 0.269 e. The molecule has 1 N–H and O–H groups in total. The van der Waals surface area contributed by atoms with Gasteiger partial charge in [0.2, 0.25) is 0 Å². The summed E-state index contributed by atoms with van der Waals surface area (Å²) < 4.78 is 15.3. The zero-order valence-electron chi connectivity index (χ0n) is 19.7. The number of nitrogens with one attached hydrogen (secondary N) is 1. The van der Waals surface area contributed by atoms with Gasteiger partial charge in [-0.3, -0.25) is 9.59 Å².